The molecule has 3 aromatic heterocycles. The van der Waals surface area contributed by atoms with Gasteiger partial charge in [-0.15, -0.1) is 0 Å². The molecular formula is C16H16F3N5O. The van der Waals surface area contributed by atoms with Gasteiger partial charge in [-0.2, -0.15) is 27.8 Å². The van der Waals surface area contributed by atoms with E-state index in [0.717, 1.165) is 24.7 Å². The average Bonchev–Trinajstić information content (AvgIpc) is 3.24. The van der Waals surface area contributed by atoms with Crippen molar-refractivity contribution in [2.45, 2.75) is 32.0 Å². The van der Waals surface area contributed by atoms with Crippen molar-refractivity contribution in [3.63, 3.8) is 0 Å². The minimum atomic E-state index is -4.55. The molecule has 9 heteroatoms. The summed E-state index contributed by atoms with van der Waals surface area (Å²) in [5.41, 5.74) is -0.972. The zero-order valence-electron chi connectivity index (χ0n) is 13.4. The molecule has 25 heavy (non-hydrogen) atoms. The molecule has 1 fully saturated rings. The molecule has 0 bridgehead atoms. The molecule has 0 amide bonds. The first-order valence-corrected chi connectivity index (χ1v) is 8.01. The fraction of sp³-hybridized carbons (Fsp3) is 0.438. The molecule has 4 rings (SSSR count). The molecule has 0 spiro atoms. The minimum absolute atomic E-state index is 0.0679. The van der Waals surface area contributed by atoms with Gasteiger partial charge in [0.25, 0.3) is 5.78 Å². The maximum absolute atomic E-state index is 13.2. The van der Waals surface area contributed by atoms with Crippen LogP contribution in [0.1, 0.15) is 37.3 Å². The number of aromatic nitrogens is 4. The molecule has 0 aromatic carbocycles. The summed E-state index contributed by atoms with van der Waals surface area (Å²) in [5.74, 6) is 1.43. The summed E-state index contributed by atoms with van der Waals surface area (Å²) in [6.07, 6.45) is -0.109. The van der Waals surface area contributed by atoms with Crippen LogP contribution in [0.3, 0.4) is 0 Å². The predicted molar refractivity (Wildman–Crippen MR) is 83.0 cm³/mol. The van der Waals surface area contributed by atoms with Crippen molar-refractivity contribution >= 4 is 11.6 Å². The first-order chi connectivity index (χ1) is 11.9. The van der Waals surface area contributed by atoms with Gasteiger partial charge in [0.05, 0.1) is 12.3 Å². The molecule has 4 heterocycles. The van der Waals surface area contributed by atoms with Gasteiger partial charge < -0.3 is 9.32 Å². The fourth-order valence-electron chi connectivity index (χ4n) is 3.31. The lowest BCUT2D eigenvalue weighted by Gasteiger charge is -2.38. The number of hydrogen-bond acceptors (Lipinski definition) is 5. The number of halogens is 3. The first-order valence-electron chi connectivity index (χ1n) is 8.01. The van der Waals surface area contributed by atoms with Gasteiger partial charge in [-0.05, 0) is 30.9 Å². The van der Waals surface area contributed by atoms with Crippen LogP contribution >= 0.6 is 0 Å². The number of hydrogen-bond donors (Lipinski definition) is 0. The van der Waals surface area contributed by atoms with E-state index in [-0.39, 0.29) is 11.8 Å². The Morgan fingerprint density at radius 1 is 1.32 bits per heavy atom. The summed E-state index contributed by atoms with van der Waals surface area (Å²) in [4.78, 5) is 9.32. The summed E-state index contributed by atoms with van der Waals surface area (Å²) in [6, 6.07) is 4.51. The lowest BCUT2D eigenvalue weighted by molar-refractivity contribution is -0.141. The molecule has 0 radical (unpaired) electrons. The summed E-state index contributed by atoms with van der Waals surface area (Å²) in [6.45, 7) is 2.73. The van der Waals surface area contributed by atoms with Gasteiger partial charge in [0.15, 0.2) is 5.69 Å². The maximum Gasteiger partial charge on any atom is 0.433 e. The van der Waals surface area contributed by atoms with Crippen LogP contribution in [0.15, 0.2) is 35.2 Å². The number of piperidine rings is 1. The van der Waals surface area contributed by atoms with Crippen LogP contribution in [-0.2, 0) is 6.18 Å². The Morgan fingerprint density at radius 3 is 2.88 bits per heavy atom. The molecule has 0 saturated carbocycles. The Hall–Kier alpha value is -2.58. The third-order valence-corrected chi connectivity index (χ3v) is 4.55. The zero-order valence-corrected chi connectivity index (χ0v) is 13.4. The second-order valence-electron chi connectivity index (χ2n) is 6.32. The fourth-order valence-corrected chi connectivity index (χ4v) is 3.31. The molecule has 2 atom stereocenters. The molecule has 6 nitrogen and oxygen atoms in total. The van der Waals surface area contributed by atoms with Gasteiger partial charge in [-0.25, -0.2) is 4.98 Å². The Bertz CT molecular complexity index is 874. The lowest BCUT2D eigenvalue weighted by Crippen LogP contribution is -2.37. The molecule has 3 aromatic rings. The SMILES string of the molecule is CC1CCN(c2cc(C(F)(F)F)nc3ncnn23)C(c2ccco2)C1. The minimum Gasteiger partial charge on any atom is -0.467 e. The van der Waals surface area contributed by atoms with E-state index in [2.05, 4.69) is 22.0 Å². The third kappa shape index (κ3) is 2.83. The van der Waals surface area contributed by atoms with Crippen LogP contribution in [0.5, 0.6) is 0 Å². The molecule has 2 unspecified atom stereocenters. The summed E-state index contributed by atoms with van der Waals surface area (Å²) in [7, 11) is 0. The highest BCUT2D eigenvalue weighted by Gasteiger charge is 2.37. The van der Waals surface area contributed by atoms with Crippen molar-refractivity contribution in [2.75, 3.05) is 11.4 Å². The largest absolute Gasteiger partial charge is 0.467 e. The van der Waals surface area contributed by atoms with E-state index < -0.39 is 11.9 Å². The number of alkyl halides is 3. The monoisotopic (exact) mass is 351 g/mol. The van der Waals surface area contributed by atoms with Crippen LogP contribution < -0.4 is 4.90 Å². The van der Waals surface area contributed by atoms with E-state index in [1.165, 1.54) is 10.8 Å². The summed E-state index contributed by atoms with van der Waals surface area (Å²) < 4.78 is 46.6. The average molecular weight is 351 g/mol. The van der Waals surface area contributed by atoms with E-state index in [9.17, 15) is 13.2 Å². The van der Waals surface area contributed by atoms with Crippen molar-refractivity contribution in [3.05, 3.63) is 42.2 Å². The number of fused-ring (bicyclic) bond motifs is 1. The predicted octanol–water partition coefficient (Wildman–Crippen LogP) is 3.71. The molecule has 0 N–H and O–H groups in total. The maximum atomic E-state index is 13.2. The van der Waals surface area contributed by atoms with Crippen molar-refractivity contribution in [3.8, 4) is 0 Å². The molecule has 1 aliphatic heterocycles. The van der Waals surface area contributed by atoms with Gasteiger partial charge in [0, 0.05) is 12.6 Å². The topological polar surface area (TPSA) is 59.5 Å². The number of furan rings is 1. The number of nitrogens with zero attached hydrogens (tertiary/aromatic N) is 5. The van der Waals surface area contributed by atoms with Crippen molar-refractivity contribution in [2.24, 2.45) is 5.92 Å². The van der Waals surface area contributed by atoms with E-state index >= 15 is 0 Å². The number of rotatable bonds is 2. The Morgan fingerprint density at radius 2 is 2.16 bits per heavy atom. The quantitative estimate of drug-likeness (QED) is 0.704. The first kappa shape index (κ1) is 15.9. The van der Waals surface area contributed by atoms with Crippen LogP contribution in [0, 0.1) is 5.92 Å². The van der Waals surface area contributed by atoms with Crippen LogP contribution in [0.2, 0.25) is 0 Å². The second-order valence-corrected chi connectivity index (χ2v) is 6.32. The van der Waals surface area contributed by atoms with Gasteiger partial charge >= 0.3 is 6.18 Å². The standard InChI is InChI=1S/C16H16F3N5O/c1-10-4-5-23(11(7-10)12-3-2-6-25-12)14-8-13(16(17,18)19)22-15-20-9-21-24(14)15/h2-3,6,8-11H,4-5,7H2,1H3. The smallest absolute Gasteiger partial charge is 0.433 e. The van der Waals surface area contributed by atoms with E-state index in [1.807, 2.05) is 11.0 Å². The highest BCUT2D eigenvalue weighted by Crippen LogP contribution is 2.39. The highest BCUT2D eigenvalue weighted by atomic mass is 19.4. The Labute approximate surface area is 141 Å². The normalized spacial score (nSPS) is 21.8. The van der Waals surface area contributed by atoms with Gasteiger partial charge in [0.2, 0.25) is 0 Å². The van der Waals surface area contributed by atoms with Crippen LogP contribution in [0.4, 0.5) is 19.0 Å². The second kappa shape index (κ2) is 5.75. The molecule has 1 aliphatic rings. The molecule has 132 valence electrons. The Kier molecular flexibility index (Phi) is 3.66. The zero-order chi connectivity index (χ0) is 17.6. The number of anilines is 1. The van der Waals surface area contributed by atoms with Crippen molar-refractivity contribution in [1.29, 1.82) is 0 Å². The highest BCUT2D eigenvalue weighted by molar-refractivity contribution is 5.50. The third-order valence-electron chi connectivity index (χ3n) is 4.55. The van der Waals surface area contributed by atoms with Gasteiger partial charge in [0.1, 0.15) is 17.9 Å². The van der Waals surface area contributed by atoms with Crippen molar-refractivity contribution in [1.82, 2.24) is 19.6 Å². The van der Waals surface area contributed by atoms with Crippen LogP contribution in [-0.4, -0.2) is 26.1 Å². The van der Waals surface area contributed by atoms with E-state index in [0.29, 0.717) is 18.3 Å². The molecular weight excluding hydrogens is 335 g/mol. The van der Waals surface area contributed by atoms with E-state index in [4.69, 9.17) is 4.42 Å². The van der Waals surface area contributed by atoms with Gasteiger partial charge in [-0.3, -0.25) is 0 Å². The lowest BCUT2D eigenvalue weighted by atomic mass is 9.91. The van der Waals surface area contributed by atoms with Crippen molar-refractivity contribution < 1.29 is 17.6 Å². The van der Waals surface area contributed by atoms with Crippen LogP contribution in [0.25, 0.3) is 5.78 Å². The Balaban J connectivity index is 1.85. The van der Waals surface area contributed by atoms with Gasteiger partial charge in [-0.1, -0.05) is 6.92 Å². The molecule has 0 aliphatic carbocycles. The summed E-state index contributed by atoms with van der Waals surface area (Å²) in [5, 5.41) is 4.06. The van der Waals surface area contributed by atoms with E-state index in [1.54, 1.807) is 12.3 Å². The summed E-state index contributed by atoms with van der Waals surface area (Å²) >= 11 is 0. The molecule has 1 saturated heterocycles.